The lowest BCUT2D eigenvalue weighted by Gasteiger charge is -2.26. The fourth-order valence-corrected chi connectivity index (χ4v) is 2.16. The Balaban J connectivity index is 2.54. The Hall–Kier alpha value is -1.23. The van der Waals surface area contributed by atoms with Crippen molar-refractivity contribution in [1.29, 1.82) is 0 Å². The minimum atomic E-state index is -0.535. The highest BCUT2D eigenvalue weighted by atomic mass is 19.1. The number of benzene rings is 1. The number of hydrogen-bond acceptors (Lipinski definition) is 3. The summed E-state index contributed by atoms with van der Waals surface area (Å²) >= 11 is 0. The van der Waals surface area contributed by atoms with Crippen LogP contribution in [0.3, 0.4) is 0 Å². The summed E-state index contributed by atoms with van der Waals surface area (Å²) in [5.74, 6) is 0.375. The number of hydrogen-bond donors (Lipinski definition) is 1. The van der Waals surface area contributed by atoms with Gasteiger partial charge in [0.1, 0.15) is 5.82 Å². The summed E-state index contributed by atoms with van der Waals surface area (Å²) in [5.41, 5.74) is 1.05. The average Bonchev–Trinajstić information content (AvgIpc) is 2.47. The predicted octanol–water partition coefficient (Wildman–Crippen LogP) is 3.24. The Morgan fingerprint density at radius 1 is 1.32 bits per heavy atom. The number of halogens is 1. The first-order valence-corrected chi connectivity index (χ1v) is 7.84. The molecule has 1 unspecified atom stereocenters. The summed E-state index contributed by atoms with van der Waals surface area (Å²) in [4.78, 5) is 2.19. The predicted molar refractivity (Wildman–Crippen MR) is 88.2 cm³/mol. The second kappa shape index (κ2) is 10.5. The molecule has 4 heteroatoms. The average molecular weight is 309 g/mol. The van der Waals surface area contributed by atoms with Gasteiger partial charge < -0.3 is 9.84 Å². The Labute approximate surface area is 133 Å². The fourth-order valence-electron chi connectivity index (χ4n) is 2.16. The molecule has 3 nitrogen and oxygen atoms in total. The van der Waals surface area contributed by atoms with E-state index in [0.717, 1.165) is 18.5 Å². The molecule has 1 atom stereocenters. The normalized spacial score (nSPS) is 12.8. The lowest BCUT2D eigenvalue weighted by Crippen LogP contribution is -2.35. The zero-order chi connectivity index (χ0) is 16.4. The third-order valence-corrected chi connectivity index (χ3v) is 3.36. The number of nitrogens with zero attached hydrogens (tertiary/aromatic N) is 1. The summed E-state index contributed by atoms with van der Waals surface area (Å²) in [6.45, 7) is 10.8. The molecule has 0 spiro atoms. The number of aliphatic hydroxyl groups excluding tert-OH is 1. The summed E-state index contributed by atoms with van der Waals surface area (Å²) in [6, 6.07) is 6.52. The minimum absolute atomic E-state index is 0.227. The highest BCUT2D eigenvalue weighted by Gasteiger charge is 2.13. The van der Waals surface area contributed by atoms with Crippen LogP contribution in [0.4, 0.5) is 4.39 Å². The van der Waals surface area contributed by atoms with E-state index < -0.39 is 6.10 Å². The van der Waals surface area contributed by atoms with E-state index in [1.807, 2.05) is 0 Å². The molecular weight excluding hydrogens is 281 g/mol. The Morgan fingerprint density at radius 3 is 2.59 bits per heavy atom. The van der Waals surface area contributed by atoms with Gasteiger partial charge >= 0.3 is 0 Å². The van der Waals surface area contributed by atoms with Crippen molar-refractivity contribution in [1.82, 2.24) is 4.90 Å². The van der Waals surface area contributed by atoms with Crippen LogP contribution in [0.2, 0.25) is 0 Å². The van der Waals surface area contributed by atoms with Crippen molar-refractivity contribution in [2.75, 3.05) is 26.3 Å². The van der Waals surface area contributed by atoms with E-state index in [-0.39, 0.29) is 5.82 Å². The molecule has 1 rings (SSSR count). The molecule has 0 bridgehead atoms. The summed E-state index contributed by atoms with van der Waals surface area (Å²) in [7, 11) is 0. The molecule has 0 saturated heterocycles. The molecule has 1 N–H and O–H groups in total. The quantitative estimate of drug-likeness (QED) is 0.503. The first-order chi connectivity index (χ1) is 10.5. The van der Waals surface area contributed by atoms with E-state index >= 15 is 0 Å². The van der Waals surface area contributed by atoms with Crippen molar-refractivity contribution in [2.24, 2.45) is 5.92 Å². The Bertz CT molecular complexity index is 420. The molecule has 0 amide bonds. The standard InChI is InChI=1S/C18H28FNO2/c1-4-11-22-14-18(21)13-20(10-9-15(2)3)12-16-5-7-17(19)8-6-16/h4-8,15,18,21H,1,9-14H2,2-3H3. The lowest BCUT2D eigenvalue weighted by atomic mass is 10.1. The molecule has 0 heterocycles. The summed E-state index contributed by atoms with van der Waals surface area (Å²) in [5, 5.41) is 10.1. The van der Waals surface area contributed by atoms with E-state index in [1.54, 1.807) is 18.2 Å². The van der Waals surface area contributed by atoms with E-state index in [9.17, 15) is 9.50 Å². The van der Waals surface area contributed by atoms with E-state index in [1.165, 1.54) is 12.1 Å². The second-order valence-electron chi connectivity index (χ2n) is 6.02. The van der Waals surface area contributed by atoms with Crippen LogP contribution in [0.5, 0.6) is 0 Å². The lowest BCUT2D eigenvalue weighted by molar-refractivity contribution is 0.0237. The van der Waals surface area contributed by atoms with Crippen molar-refractivity contribution < 1.29 is 14.2 Å². The smallest absolute Gasteiger partial charge is 0.123 e. The van der Waals surface area contributed by atoms with Gasteiger partial charge in [0.05, 0.1) is 19.3 Å². The maximum atomic E-state index is 13.0. The van der Waals surface area contributed by atoms with Gasteiger partial charge in [0, 0.05) is 13.1 Å². The van der Waals surface area contributed by atoms with Gasteiger partial charge in [-0.1, -0.05) is 32.1 Å². The van der Waals surface area contributed by atoms with Crippen LogP contribution in [0.25, 0.3) is 0 Å². The maximum Gasteiger partial charge on any atom is 0.123 e. The zero-order valence-corrected chi connectivity index (χ0v) is 13.7. The van der Waals surface area contributed by atoms with E-state index in [0.29, 0.717) is 32.2 Å². The van der Waals surface area contributed by atoms with Crippen LogP contribution in [0.1, 0.15) is 25.8 Å². The molecule has 0 aliphatic heterocycles. The van der Waals surface area contributed by atoms with Crippen LogP contribution < -0.4 is 0 Å². The van der Waals surface area contributed by atoms with Crippen molar-refractivity contribution in [3.05, 3.63) is 48.3 Å². The van der Waals surface area contributed by atoms with Gasteiger partial charge in [-0.15, -0.1) is 6.58 Å². The zero-order valence-electron chi connectivity index (χ0n) is 13.7. The van der Waals surface area contributed by atoms with Gasteiger partial charge in [-0.25, -0.2) is 4.39 Å². The van der Waals surface area contributed by atoms with Gasteiger partial charge in [-0.3, -0.25) is 4.90 Å². The molecule has 0 aromatic heterocycles. The molecule has 0 fully saturated rings. The van der Waals surface area contributed by atoms with Crippen LogP contribution in [-0.2, 0) is 11.3 Å². The van der Waals surface area contributed by atoms with E-state index in [2.05, 4.69) is 25.3 Å². The second-order valence-corrected chi connectivity index (χ2v) is 6.02. The molecule has 0 aliphatic rings. The molecule has 1 aromatic rings. The highest BCUT2D eigenvalue weighted by Crippen LogP contribution is 2.10. The molecule has 0 saturated carbocycles. The third-order valence-electron chi connectivity index (χ3n) is 3.36. The van der Waals surface area contributed by atoms with Gasteiger partial charge in [-0.2, -0.15) is 0 Å². The summed E-state index contributed by atoms with van der Waals surface area (Å²) < 4.78 is 18.3. The topological polar surface area (TPSA) is 32.7 Å². The van der Waals surface area contributed by atoms with E-state index in [4.69, 9.17) is 4.74 Å². The first-order valence-electron chi connectivity index (χ1n) is 7.84. The van der Waals surface area contributed by atoms with Gasteiger partial charge in [0.2, 0.25) is 0 Å². The molecule has 0 aliphatic carbocycles. The minimum Gasteiger partial charge on any atom is -0.389 e. The van der Waals surface area contributed by atoms with Gasteiger partial charge in [-0.05, 0) is 36.6 Å². The van der Waals surface area contributed by atoms with Crippen molar-refractivity contribution >= 4 is 0 Å². The van der Waals surface area contributed by atoms with Gasteiger partial charge in [0.25, 0.3) is 0 Å². The monoisotopic (exact) mass is 309 g/mol. The van der Waals surface area contributed by atoms with Gasteiger partial charge in [0.15, 0.2) is 0 Å². The largest absolute Gasteiger partial charge is 0.389 e. The third kappa shape index (κ3) is 8.27. The van der Waals surface area contributed by atoms with Crippen LogP contribution >= 0.6 is 0 Å². The highest BCUT2D eigenvalue weighted by molar-refractivity contribution is 5.15. The Kier molecular flexibility index (Phi) is 8.97. The molecule has 1 aromatic carbocycles. The van der Waals surface area contributed by atoms with Crippen LogP contribution in [0, 0.1) is 11.7 Å². The number of ether oxygens (including phenoxy) is 1. The number of aliphatic hydroxyl groups is 1. The SMILES string of the molecule is C=CCOCC(O)CN(CCC(C)C)Cc1ccc(F)cc1. The molecular formula is C18H28FNO2. The van der Waals surface area contributed by atoms with Crippen molar-refractivity contribution in [3.8, 4) is 0 Å². The van der Waals surface area contributed by atoms with Crippen molar-refractivity contribution in [2.45, 2.75) is 32.9 Å². The van der Waals surface area contributed by atoms with Crippen LogP contribution in [0.15, 0.2) is 36.9 Å². The fraction of sp³-hybridized carbons (Fsp3) is 0.556. The maximum absolute atomic E-state index is 13.0. The summed E-state index contributed by atoms with van der Waals surface area (Å²) in [6.07, 6.45) is 2.19. The van der Waals surface area contributed by atoms with Crippen molar-refractivity contribution in [3.63, 3.8) is 0 Å². The molecule has 22 heavy (non-hydrogen) atoms. The number of rotatable bonds is 11. The molecule has 124 valence electrons. The first kappa shape index (κ1) is 18.8. The molecule has 0 radical (unpaired) electrons. The Morgan fingerprint density at radius 2 is 2.00 bits per heavy atom. The van der Waals surface area contributed by atoms with Crippen LogP contribution in [-0.4, -0.2) is 42.4 Å².